The van der Waals surface area contributed by atoms with E-state index in [-0.39, 0.29) is 17.4 Å². The van der Waals surface area contributed by atoms with Crippen molar-refractivity contribution in [3.8, 4) is 28.7 Å². The van der Waals surface area contributed by atoms with Gasteiger partial charge in [0.15, 0.2) is 17.8 Å². The fourth-order valence-electron chi connectivity index (χ4n) is 4.25. The molecule has 0 saturated heterocycles. The highest BCUT2D eigenvalue weighted by molar-refractivity contribution is 5.83. The minimum Gasteiger partial charge on any atom is -0.480 e. The van der Waals surface area contributed by atoms with Crippen molar-refractivity contribution in [1.82, 2.24) is 29.5 Å². The van der Waals surface area contributed by atoms with Gasteiger partial charge in [0.2, 0.25) is 5.88 Å². The molecule has 10 nitrogen and oxygen atoms in total. The first kappa shape index (κ1) is 29.6. The first-order chi connectivity index (χ1) is 19.7. The maximum absolute atomic E-state index is 13.3. The van der Waals surface area contributed by atoms with Crippen molar-refractivity contribution in [3.05, 3.63) is 65.5 Å². The fraction of sp³-hybridized carbons (Fsp3) is 0.357. The number of hydrogen-bond donors (Lipinski definition) is 2. The summed E-state index contributed by atoms with van der Waals surface area (Å²) in [6.07, 6.45) is 2.08. The molecule has 1 aromatic carbocycles. The number of ether oxygens (including phenoxy) is 1. The molecule has 1 saturated carbocycles. The zero-order valence-corrected chi connectivity index (χ0v) is 23.1. The Labute approximate surface area is 235 Å². The number of aldehydes is 1. The van der Waals surface area contributed by atoms with Crippen molar-refractivity contribution in [2.75, 3.05) is 19.5 Å². The highest BCUT2D eigenvalue weighted by Gasteiger charge is 2.35. The summed E-state index contributed by atoms with van der Waals surface area (Å²) in [7, 11) is 3.02. The third kappa shape index (κ3) is 6.51. The number of benzene rings is 1. The lowest BCUT2D eigenvalue weighted by Gasteiger charge is -2.14. The summed E-state index contributed by atoms with van der Waals surface area (Å²) in [6.45, 7) is 3.91. The van der Waals surface area contributed by atoms with Crippen molar-refractivity contribution >= 4 is 12.1 Å². The van der Waals surface area contributed by atoms with Crippen molar-refractivity contribution in [1.29, 1.82) is 0 Å². The first-order valence-electron chi connectivity index (χ1n) is 13.0. The van der Waals surface area contributed by atoms with Crippen LogP contribution in [-0.4, -0.2) is 49.9 Å². The maximum atomic E-state index is 13.3. The Bertz CT molecular complexity index is 1500. The summed E-state index contributed by atoms with van der Waals surface area (Å²) < 4.78 is 46.7. The van der Waals surface area contributed by atoms with Crippen LogP contribution in [0.1, 0.15) is 66.0 Å². The average molecular weight is 569 g/mol. The van der Waals surface area contributed by atoms with Crippen molar-refractivity contribution in [2.45, 2.75) is 51.4 Å². The molecule has 3 N–H and O–H groups in total. The van der Waals surface area contributed by atoms with Crippen LogP contribution in [0, 0.1) is 0 Å². The summed E-state index contributed by atoms with van der Waals surface area (Å²) in [6, 6.07) is 6.82. The molecule has 4 aromatic rings. The van der Waals surface area contributed by atoms with Gasteiger partial charge in [-0.15, -0.1) is 0 Å². The number of aromatic nitrogens is 6. The molecule has 41 heavy (non-hydrogen) atoms. The molecule has 1 aliphatic carbocycles. The molecule has 0 atom stereocenters. The lowest BCUT2D eigenvalue weighted by molar-refractivity contribution is -0.140. The van der Waals surface area contributed by atoms with Gasteiger partial charge in [0.1, 0.15) is 23.5 Å². The van der Waals surface area contributed by atoms with E-state index in [0.29, 0.717) is 47.4 Å². The molecule has 216 valence electrons. The zero-order chi connectivity index (χ0) is 29.7. The molecule has 13 heteroatoms. The van der Waals surface area contributed by atoms with E-state index in [4.69, 9.17) is 4.74 Å². The summed E-state index contributed by atoms with van der Waals surface area (Å²) >= 11 is 0. The zero-order valence-electron chi connectivity index (χ0n) is 23.1. The van der Waals surface area contributed by atoms with Gasteiger partial charge in [-0.3, -0.25) is 4.79 Å². The van der Waals surface area contributed by atoms with Gasteiger partial charge < -0.3 is 20.4 Å². The van der Waals surface area contributed by atoms with Crippen LogP contribution in [0.2, 0.25) is 0 Å². The molecule has 0 unspecified atom stereocenters. The third-order valence-corrected chi connectivity index (χ3v) is 6.42. The monoisotopic (exact) mass is 568 g/mol. The van der Waals surface area contributed by atoms with E-state index in [2.05, 4.69) is 36.0 Å². The Balaban J connectivity index is 0.00000189. The number of methoxy groups -OCH3 is 1. The number of nitrogens with two attached hydrogens (primary N) is 1. The van der Waals surface area contributed by atoms with E-state index in [9.17, 15) is 18.0 Å². The fourth-order valence-corrected chi connectivity index (χ4v) is 4.25. The van der Waals surface area contributed by atoms with E-state index in [0.717, 1.165) is 30.3 Å². The molecule has 3 heterocycles. The number of imidazole rings is 1. The quantitative estimate of drug-likeness (QED) is 0.259. The highest BCUT2D eigenvalue weighted by Crippen LogP contribution is 2.45. The molecule has 0 bridgehead atoms. The van der Waals surface area contributed by atoms with E-state index in [1.807, 2.05) is 0 Å². The summed E-state index contributed by atoms with van der Waals surface area (Å²) in [5.74, 6) is 1.57. The van der Waals surface area contributed by atoms with Gasteiger partial charge in [0, 0.05) is 36.5 Å². The first-order valence-corrected chi connectivity index (χ1v) is 13.0. The van der Waals surface area contributed by atoms with Crippen LogP contribution >= 0.6 is 0 Å². The predicted molar refractivity (Wildman–Crippen MR) is 147 cm³/mol. The van der Waals surface area contributed by atoms with Crippen LogP contribution in [0.5, 0.6) is 5.88 Å². The number of anilines is 1. The standard InChI is InChI=1S/C27H26F3N7O2.CH5N/c1-15(2)37-12-20(27(28,29)30)35-25(37)18-6-4-16(5-7-18)10-31-23-19(13-38)11-32-24(36-23)21-22(17-8-9-17)33-14-34-26(21)39-3;1-2/h4-7,11-15,17H,8-10H2,1-3H3,(H,31,32,36);2H2,1H3. The number of halogens is 3. The van der Waals surface area contributed by atoms with Crippen LogP contribution in [0.4, 0.5) is 19.0 Å². The Morgan fingerprint density at radius 2 is 1.83 bits per heavy atom. The Kier molecular flexibility index (Phi) is 8.96. The smallest absolute Gasteiger partial charge is 0.434 e. The molecule has 0 amide bonds. The van der Waals surface area contributed by atoms with Crippen molar-refractivity contribution < 1.29 is 22.7 Å². The number of rotatable bonds is 9. The van der Waals surface area contributed by atoms with E-state index in [1.54, 1.807) is 38.1 Å². The second-order valence-corrected chi connectivity index (χ2v) is 9.53. The van der Waals surface area contributed by atoms with Gasteiger partial charge in [-0.1, -0.05) is 24.3 Å². The lowest BCUT2D eigenvalue weighted by atomic mass is 10.1. The topological polar surface area (TPSA) is 134 Å². The second-order valence-electron chi connectivity index (χ2n) is 9.53. The molecule has 0 spiro atoms. The number of nitrogens with one attached hydrogen (secondary N) is 1. The molecule has 0 radical (unpaired) electrons. The predicted octanol–water partition coefficient (Wildman–Crippen LogP) is 5.28. The van der Waals surface area contributed by atoms with Crippen LogP contribution in [0.15, 0.2) is 43.0 Å². The SMILES string of the molecule is CN.COc1ncnc(C2CC2)c1-c1ncc(C=O)c(NCc2ccc(-c3nc(C(F)(F)F)cn3C(C)C)cc2)n1. The molecule has 0 aliphatic heterocycles. The second kappa shape index (κ2) is 12.4. The third-order valence-electron chi connectivity index (χ3n) is 6.42. The van der Waals surface area contributed by atoms with Gasteiger partial charge in [-0.05, 0) is 39.3 Å². The number of carbonyl (C=O) groups is 1. The van der Waals surface area contributed by atoms with Crippen molar-refractivity contribution in [2.24, 2.45) is 5.73 Å². The maximum Gasteiger partial charge on any atom is 0.434 e. The lowest BCUT2D eigenvalue weighted by Crippen LogP contribution is -2.08. The normalized spacial score (nSPS) is 13.0. The molecular weight excluding hydrogens is 537 g/mol. The largest absolute Gasteiger partial charge is 0.480 e. The van der Waals surface area contributed by atoms with E-state index >= 15 is 0 Å². The van der Waals surface area contributed by atoms with Gasteiger partial charge >= 0.3 is 6.18 Å². The summed E-state index contributed by atoms with van der Waals surface area (Å²) in [4.78, 5) is 33.1. The highest BCUT2D eigenvalue weighted by atomic mass is 19.4. The minimum atomic E-state index is -4.53. The van der Waals surface area contributed by atoms with E-state index in [1.165, 1.54) is 31.2 Å². The number of alkyl halides is 3. The van der Waals surface area contributed by atoms with Gasteiger partial charge in [-0.2, -0.15) is 13.2 Å². The van der Waals surface area contributed by atoms with Gasteiger partial charge in [0.25, 0.3) is 0 Å². The Hall–Kier alpha value is -4.39. The van der Waals surface area contributed by atoms with Crippen molar-refractivity contribution in [3.63, 3.8) is 0 Å². The number of nitrogens with zero attached hydrogens (tertiary/aromatic N) is 6. The average Bonchev–Trinajstić information content (AvgIpc) is 3.72. The van der Waals surface area contributed by atoms with E-state index < -0.39 is 11.9 Å². The van der Waals surface area contributed by atoms with Gasteiger partial charge in [-0.25, -0.2) is 24.9 Å². The van der Waals surface area contributed by atoms with Crippen LogP contribution in [-0.2, 0) is 12.7 Å². The van der Waals surface area contributed by atoms with Crippen LogP contribution in [0.25, 0.3) is 22.8 Å². The minimum absolute atomic E-state index is 0.201. The summed E-state index contributed by atoms with van der Waals surface area (Å²) in [5.41, 5.74) is 6.65. The Morgan fingerprint density at radius 1 is 1.12 bits per heavy atom. The summed E-state index contributed by atoms with van der Waals surface area (Å²) in [5, 5.41) is 3.17. The molecule has 1 fully saturated rings. The van der Waals surface area contributed by atoms with Gasteiger partial charge in [0.05, 0.1) is 18.4 Å². The molecular formula is C28H31F3N8O2. The molecule has 5 rings (SSSR count). The molecule has 3 aromatic heterocycles. The Morgan fingerprint density at radius 3 is 2.41 bits per heavy atom. The van der Waals surface area contributed by atoms with Crippen LogP contribution < -0.4 is 15.8 Å². The van der Waals surface area contributed by atoms with Crippen LogP contribution in [0.3, 0.4) is 0 Å². The number of hydrogen-bond acceptors (Lipinski definition) is 9. The number of carbonyl (C=O) groups excluding carboxylic acids is 1. The molecule has 1 aliphatic rings.